The van der Waals surface area contributed by atoms with Crippen LogP contribution in [-0.2, 0) is 0 Å². The molecule has 1 saturated heterocycles. The van der Waals surface area contributed by atoms with Crippen molar-refractivity contribution >= 4 is 0 Å². The molecule has 6 heteroatoms. The lowest BCUT2D eigenvalue weighted by Gasteiger charge is -2.20. The van der Waals surface area contributed by atoms with Gasteiger partial charge in [0.05, 0.1) is 4.92 Å². The lowest BCUT2D eigenvalue weighted by Crippen LogP contribution is -2.40. The third kappa shape index (κ3) is 4.08. The molecule has 0 unspecified atom stereocenters. The van der Waals surface area contributed by atoms with Crippen LogP contribution in [-0.4, -0.2) is 23.0 Å². The zero-order chi connectivity index (χ0) is 10.4. The van der Waals surface area contributed by atoms with E-state index in [-0.39, 0.29) is 5.82 Å². The molecule has 0 bridgehead atoms. The average Bonchev–Trinajstić information content (AvgIpc) is 2.31. The molecule has 0 spiro atoms. The lowest BCUT2D eigenvalue weighted by atomic mass is 10.2. The molecule has 0 aliphatic carbocycles. The van der Waals surface area contributed by atoms with E-state index in [0.717, 1.165) is 32.1 Å². The Labute approximate surface area is 82.9 Å². The van der Waals surface area contributed by atoms with Gasteiger partial charge >= 0.3 is 0 Å². The van der Waals surface area contributed by atoms with Gasteiger partial charge in [0.2, 0.25) is 0 Å². The van der Waals surface area contributed by atoms with E-state index in [9.17, 15) is 10.1 Å². The second-order valence-electron chi connectivity index (χ2n) is 3.38. The van der Waals surface area contributed by atoms with Gasteiger partial charge in [-0.2, -0.15) is 0 Å². The van der Waals surface area contributed by atoms with E-state index in [4.69, 9.17) is 5.73 Å². The molecule has 0 radical (unpaired) electrons. The largest absolute Gasteiger partial charge is 0.379 e. The topological polar surface area (TPSA) is 84.4 Å². The van der Waals surface area contributed by atoms with Gasteiger partial charge in [-0.05, 0) is 12.8 Å². The summed E-state index contributed by atoms with van der Waals surface area (Å²) in [4.78, 5) is 9.55. The van der Waals surface area contributed by atoms with Crippen LogP contribution in [0.15, 0.2) is 12.0 Å². The fraction of sp³-hybridized carbons (Fsp3) is 0.750. The van der Waals surface area contributed by atoms with Crippen LogP contribution in [0, 0.1) is 10.1 Å². The Balaban J connectivity index is 2.37. The molecular weight excluding hydrogens is 184 g/mol. The summed E-state index contributed by atoms with van der Waals surface area (Å²) in [6.45, 7) is 1.79. The van der Waals surface area contributed by atoms with Gasteiger partial charge in [-0.25, -0.2) is 5.01 Å². The van der Waals surface area contributed by atoms with Crippen LogP contribution in [0.5, 0.6) is 0 Å². The van der Waals surface area contributed by atoms with Crippen LogP contribution >= 0.6 is 0 Å². The van der Waals surface area contributed by atoms with Crippen molar-refractivity contribution in [2.45, 2.75) is 25.7 Å². The summed E-state index contributed by atoms with van der Waals surface area (Å²) in [5.41, 5.74) is 8.24. The third-order valence-electron chi connectivity index (χ3n) is 2.14. The van der Waals surface area contributed by atoms with Gasteiger partial charge in [0.1, 0.15) is 0 Å². The SMILES string of the molecule is N/C(=C\[N+](=O)[O-])NN1CCCCCC1. The molecule has 1 heterocycles. The van der Waals surface area contributed by atoms with Crippen molar-refractivity contribution in [3.63, 3.8) is 0 Å². The molecule has 0 aromatic heterocycles. The molecule has 80 valence electrons. The number of hydrogen-bond donors (Lipinski definition) is 2. The van der Waals surface area contributed by atoms with Crippen molar-refractivity contribution in [3.05, 3.63) is 22.1 Å². The normalized spacial score (nSPS) is 20.1. The van der Waals surface area contributed by atoms with E-state index >= 15 is 0 Å². The number of rotatable bonds is 3. The van der Waals surface area contributed by atoms with Gasteiger partial charge in [-0.15, -0.1) is 0 Å². The molecule has 6 nitrogen and oxygen atoms in total. The Morgan fingerprint density at radius 3 is 2.43 bits per heavy atom. The molecule has 0 aromatic rings. The maximum absolute atomic E-state index is 10.1. The standard InChI is InChI=1S/C8H16N4O2/c9-8(7-12(13)14)10-11-5-3-1-2-4-6-11/h7,10H,1-6,9H2/b8-7+. The number of hydrogen-bond acceptors (Lipinski definition) is 5. The molecule has 0 atom stereocenters. The van der Waals surface area contributed by atoms with Crippen LogP contribution in [0.1, 0.15) is 25.7 Å². The van der Waals surface area contributed by atoms with Crippen LogP contribution < -0.4 is 11.2 Å². The Bertz CT molecular complexity index is 221. The highest BCUT2D eigenvalue weighted by Crippen LogP contribution is 2.07. The first-order valence-corrected chi connectivity index (χ1v) is 4.81. The fourth-order valence-corrected chi connectivity index (χ4v) is 1.51. The predicted molar refractivity (Wildman–Crippen MR) is 52.4 cm³/mol. The van der Waals surface area contributed by atoms with Crippen LogP contribution in [0.4, 0.5) is 0 Å². The molecule has 0 aromatic carbocycles. The quantitative estimate of drug-likeness (QED) is 0.509. The number of nitrogens with zero attached hydrogens (tertiary/aromatic N) is 2. The van der Waals surface area contributed by atoms with Crippen molar-refractivity contribution in [1.82, 2.24) is 10.4 Å². The van der Waals surface area contributed by atoms with Crippen molar-refractivity contribution in [2.75, 3.05) is 13.1 Å². The van der Waals surface area contributed by atoms with E-state index in [1.165, 1.54) is 12.8 Å². The molecule has 3 N–H and O–H groups in total. The number of nitrogens with one attached hydrogen (secondary N) is 1. The lowest BCUT2D eigenvalue weighted by molar-refractivity contribution is -0.404. The van der Waals surface area contributed by atoms with Crippen LogP contribution in [0.2, 0.25) is 0 Å². The van der Waals surface area contributed by atoms with Gasteiger partial charge in [0.25, 0.3) is 6.20 Å². The zero-order valence-electron chi connectivity index (χ0n) is 8.11. The van der Waals surface area contributed by atoms with Crippen molar-refractivity contribution in [1.29, 1.82) is 0 Å². The Morgan fingerprint density at radius 1 is 1.36 bits per heavy atom. The fourth-order valence-electron chi connectivity index (χ4n) is 1.51. The van der Waals surface area contributed by atoms with Crippen LogP contribution in [0.25, 0.3) is 0 Å². The smallest absolute Gasteiger partial charge is 0.275 e. The molecular formula is C8H16N4O2. The Kier molecular flexibility index (Phi) is 4.18. The minimum atomic E-state index is -0.555. The summed E-state index contributed by atoms with van der Waals surface area (Å²) in [6.07, 6.45) is 5.44. The Morgan fingerprint density at radius 2 is 1.93 bits per heavy atom. The summed E-state index contributed by atoms with van der Waals surface area (Å²) in [5.74, 6) is 0.0944. The molecule has 0 amide bonds. The van der Waals surface area contributed by atoms with Crippen molar-refractivity contribution in [2.24, 2.45) is 5.73 Å². The van der Waals surface area contributed by atoms with E-state index < -0.39 is 4.92 Å². The van der Waals surface area contributed by atoms with Crippen molar-refractivity contribution < 1.29 is 4.92 Å². The number of hydrazine groups is 1. The molecule has 0 saturated carbocycles. The maximum Gasteiger partial charge on any atom is 0.275 e. The van der Waals surface area contributed by atoms with Crippen molar-refractivity contribution in [3.8, 4) is 0 Å². The summed E-state index contributed by atoms with van der Waals surface area (Å²) in [5, 5.41) is 12.0. The summed E-state index contributed by atoms with van der Waals surface area (Å²) < 4.78 is 0. The van der Waals surface area contributed by atoms with Gasteiger partial charge in [-0.3, -0.25) is 15.5 Å². The van der Waals surface area contributed by atoms with E-state index in [1.54, 1.807) is 0 Å². The van der Waals surface area contributed by atoms with E-state index in [0.29, 0.717) is 0 Å². The van der Waals surface area contributed by atoms with E-state index in [2.05, 4.69) is 5.43 Å². The number of nitrogens with two attached hydrogens (primary N) is 1. The second kappa shape index (κ2) is 5.43. The molecule has 1 rings (SSSR count). The summed E-state index contributed by atoms with van der Waals surface area (Å²) >= 11 is 0. The third-order valence-corrected chi connectivity index (χ3v) is 2.14. The minimum absolute atomic E-state index is 0.0944. The second-order valence-corrected chi connectivity index (χ2v) is 3.38. The first-order valence-electron chi connectivity index (χ1n) is 4.81. The summed E-state index contributed by atoms with van der Waals surface area (Å²) in [6, 6.07) is 0. The Hall–Kier alpha value is -1.30. The van der Waals surface area contributed by atoms with Gasteiger partial charge in [-0.1, -0.05) is 12.8 Å². The monoisotopic (exact) mass is 200 g/mol. The van der Waals surface area contributed by atoms with Gasteiger partial charge in [0.15, 0.2) is 5.82 Å². The van der Waals surface area contributed by atoms with E-state index in [1.807, 2.05) is 5.01 Å². The first kappa shape index (κ1) is 10.8. The van der Waals surface area contributed by atoms with Gasteiger partial charge < -0.3 is 5.73 Å². The predicted octanol–water partition coefficient (Wildman–Crippen LogP) is 0.401. The molecule has 14 heavy (non-hydrogen) atoms. The maximum atomic E-state index is 10.1. The number of nitro groups is 1. The first-order chi connectivity index (χ1) is 6.68. The zero-order valence-corrected chi connectivity index (χ0v) is 8.11. The summed E-state index contributed by atoms with van der Waals surface area (Å²) in [7, 11) is 0. The van der Waals surface area contributed by atoms with Gasteiger partial charge in [0, 0.05) is 13.1 Å². The highest BCUT2D eigenvalue weighted by Gasteiger charge is 2.09. The highest BCUT2D eigenvalue weighted by atomic mass is 16.6. The molecule has 1 fully saturated rings. The molecule has 1 aliphatic heterocycles. The molecule has 1 aliphatic rings. The minimum Gasteiger partial charge on any atom is -0.379 e. The highest BCUT2D eigenvalue weighted by molar-refractivity contribution is 4.86. The van der Waals surface area contributed by atoms with Crippen LogP contribution in [0.3, 0.4) is 0 Å². The average molecular weight is 200 g/mol.